The Morgan fingerprint density at radius 2 is 1.87 bits per heavy atom. The first-order valence-electron chi connectivity index (χ1n) is 9.26. The Morgan fingerprint density at radius 3 is 2.53 bits per heavy atom. The highest BCUT2D eigenvalue weighted by Crippen LogP contribution is 2.22. The van der Waals surface area contributed by atoms with Crippen molar-refractivity contribution in [2.24, 2.45) is 0 Å². The molecule has 0 radical (unpaired) electrons. The van der Waals surface area contributed by atoms with Crippen molar-refractivity contribution in [2.75, 3.05) is 23.5 Å². The molecule has 3 rings (SSSR count). The van der Waals surface area contributed by atoms with Gasteiger partial charge >= 0.3 is 0 Å². The van der Waals surface area contributed by atoms with E-state index in [-0.39, 0.29) is 17.6 Å². The first-order valence-corrected chi connectivity index (χ1v) is 10.2. The Kier molecular flexibility index (Phi) is 7.02. The third-order valence-corrected chi connectivity index (χ3v) is 5.11. The number of carbonyl (C=O) groups is 2. The highest BCUT2D eigenvalue weighted by molar-refractivity contribution is 7.99. The molecule has 0 spiro atoms. The minimum absolute atomic E-state index is 0.0548. The lowest BCUT2D eigenvalue weighted by Gasteiger charge is -2.11. The Balaban J connectivity index is 1.59. The number of anilines is 2. The van der Waals surface area contributed by atoms with Gasteiger partial charge in [-0.15, -0.1) is 5.10 Å². The molecule has 1 aromatic heterocycles. The summed E-state index contributed by atoms with van der Waals surface area (Å²) in [5.74, 6) is 0.634. The van der Waals surface area contributed by atoms with Crippen molar-refractivity contribution >= 4 is 35.0 Å². The smallest absolute Gasteiger partial charge is 0.234 e. The molecule has 30 heavy (non-hydrogen) atoms. The molecule has 0 fully saturated rings. The van der Waals surface area contributed by atoms with Crippen LogP contribution < -0.4 is 15.4 Å². The lowest BCUT2D eigenvalue weighted by molar-refractivity contribution is -0.116. The van der Waals surface area contributed by atoms with Gasteiger partial charge in [0.1, 0.15) is 5.75 Å². The molecule has 0 saturated carbocycles. The third-order valence-electron chi connectivity index (χ3n) is 4.20. The Labute approximate surface area is 178 Å². The molecule has 156 valence electrons. The van der Waals surface area contributed by atoms with Crippen LogP contribution in [0.4, 0.5) is 11.4 Å². The van der Waals surface area contributed by atoms with Crippen LogP contribution in [0.3, 0.4) is 0 Å². The van der Waals surface area contributed by atoms with E-state index < -0.39 is 0 Å². The maximum atomic E-state index is 12.4. The average molecular weight is 427 g/mol. The summed E-state index contributed by atoms with van der Waals surface area (Å²) in [6, 6.07) is 12.6. The number of aromatic nitrogens is 4. The first kappa shape index (κ1) is 21.3. The van der Waals surface area contributed by atoms with Crippen LogP contribution in [0.5, 0.6) is 5.75 Å². The number of amides is 2. The number of aryl methyl sites for hydroxylation is 1. The zero-order valence-electron chi connectivity index (χ0n) is 16.9. The molecule has 9 nitrogen and oxygen atoms in total. The maximum Gasteiger partial charge on any atom is 0.234 e. The van der Waals surface area contributed by atoms with E-state index in [1.807, 2.05) is 37.3 Å². The molecule has 1 heterocycles. The summed E-state index contributed by atoms with van der Waals surface area (Å²) in [5.41, 5.74) is 3.02. The number of rotatable bonds is 8. The minimum atomic E-state index is -0.186. The number of ether oxygens (including phenoxy) is 1. The van der Waals surface area contributed by atoms with E-state index in [4.69, 9.17) is 4.74 Å². The van der Waals surface area contributed by atoms with Crippen LogP contribution in [-0.2, 0) is 9.59 Å². The van der Waals surface area contributed by atoms with Gasteiger partial charge in [0.25, 0.3) is 0 Å². The fraction of sp³-hybridized carbons (Fsp3) is 0.250. The normalized spacial score (nSPS) is 10.5. The Morgan fingerprint density at radius 1 is 1.10 bits per heavy atom. The second kappa shape index (κ2) is 9.88. The van der Waals surface area contributed by atoms with Gasteiger partial charge in [-0.25, -0.2) is 0 Å². The van der Waals surface area contributed by atoms with Gasteiger partial charge in [0.05, 0.1) is 18.6 Å². The molecule has 0 bridgehead atoms. The van der Waals surface area contributed by atoms with Crippen LogP contribution in [0.2, 0.25) is 0 Å². The number of carbonyl (C=O) groups excluding carboxylic acids is 2. The van der Waals surface area contributed by atoms with Crippen LogP contribution in [0.25, 0.3) is 5.69 Å². The molecule has 0 aliphatic heterocycles. The summed E-state index contributed by atoms with van der Waals surface area (Å²) in [7, 11) is 1.60. The summed E-state index contributed by atoms with van der Waals surface area (Å²) < 4.78 is 6.72. The summed E-state index contributed by atoms with van der Waals surface area (Å²) in [4.78, 5) is 23.9. The fourth-order valence-electron chi connectivity index (χ4n) is 2.60. The van der Waals surface area contributed by atoms with E-state index in [0.29, 0.717) is 17.3 Å². The number of benzene rings is 2. The van der Waals surface area contributed by atoms with Crippen LogP contribution in [0.15, 0.2) is 47.6 Å². The van der Waals surface area contributed by atoms with Crippen LogP contribution in [-0.4, -0.2) is 44.9 Å². The maximum absolute atomic E-state index is 12.4. The number of thioether (sulfide) groups is 1. The van der Waals surface area contributed by atoms with Crippen molar-refractivity contribution in [1.82, 2.24) is 20.2 Å². The number of nitrogens with zero attached hydrogens (tertiary/aromatic N) is 4. The molecule has 10 heteroatoms. The van der Waals surface area contributed by atoms with Crippen LogP contribution in [0, 0.1) is 6.92 Å². The van der Waals surface area contributed by atoms with Crippen molar-refractivity contribution < 1.29 is 14.3 Å². The molecule has 0 unspecified atom stereocenters. The number of hydrogen-bond donors (Lipinski definition) is 2. The van der Waals surface area contributed by atoms with Crippen LogP contribution in [0.1, 0.15) is 18.9 Å². The summed E-state index contributed by atoms with van der Waals surface area (Å²) >= 11 is 1.23. The molecule has 0 atom stereocenters. The Hall–Kier alpha value is -3.40. The highest BCUT2D eigenvalue weighted by Gasteiger charge is 2.12. The van der Waals surface area contributed by atoms with Gasteiger partial charge in [0, 0.05) is 17.8 Å². The van der Waals surface area contributed by atoms with Gasteiger partial charge in [-0.1, -0.05) is 18.7 Å². The van der Waals surface area contributed by atoms with E-state index in [1.54, 1.807) is 30.8 Å². The van der Waals surface area contributed by atoms with E-state index in [1.165, 1.54) is 11.8 Å². The molecular formula is C20H22N6O3S. The third kappa shape index (κ3) is 5.35. The van der Waals surface area contributed by atoms with Gasteiger partial charge in [-0.05, 0) is 65.4 Å². The van der Waals surface area contributed by atoms with Crippen molar-refractivity contribution in [1.29, 1.82) is 0 Å². The average Bonchev–Trinajstić information content (AvgIpc) is 3.22. The van der Waals surface area contributed by atoms with Crippen molar-refractivity contribution in [3.8, 4) is 11.4 Å². The lowest BCUT2D eigenvalue weighted by atomic mass is 10.1. The molecule has 2 aromatic carbocycles. The van der Waals surface area contributed by atoms with E-state index >= 15 is 0 Å². The second-order valence-corrected chi connectivity index (χ2v) is 7.28. The molecule has 3 aromatic rings. The quantitative estimate of drug-likeness (QED) is 0.533. The lowest BCUT2D eigenvalue weighted by Crippen LogP contribution is -2.15. The zero-order chi connectivity index (χ0) is 21.5. The van der Waals surface area contributed by atoms with E-state index in [0.717, 1.165) is 22.7 Å². The van der Waals surface area contributed by atoms with Crippen molar-refractivity contribution in [3.05, 3.63) is 48.0 Å². The van der Waals surface area contributed by atoms with Gasteiger partial charge in [-0.2, -0.15) is 4.68 Å². The predicted octanol–water partition coefficient (Wildman–Crippen LogP) is 3.06. The van der Waals surface area contributed by atoms with Gasteiger partial charge in [0.15, 0.2) is 0 Å². The molecule has 2 N–H and O–H groups in total. The molecule has 0 aliphatic rings. The zero-order valence-corrected chi connectivity index (χ0v) is 17.7. The number of methoxy groups -OCH3 is 1. The molecular weight excluding hydrogens is 404 g/mol. The van der Waals surface area contributed by atoms with Crippen LogP contribution >= 0.6 is 11.8 Å². The SMILES string of the molecule is CCC(=O)Nc1ccc(NC(=O)CSc2nnnn2-c2ccc(OC)cc2)cc1C. The first-order chi connectivity index (χ1) is 14.5. The van der Waals surface area contributed by atoms with Gasteiger partial charge in [0.2, 0.25) is 17.0 Å². The largest absolute Gasteiger partial charge is 0.497 e. The van der Waals surface area contributed by atoms with E-state index in [2.05, 4.69) is 26.2 Å². The van der Waals surface area contributed by atoms with Crippen molar-refractivity contribution in [2.45, 2.75) is 25.4 Å². The minimum Gasteiger partial charge on any atom is -0.497 e. The summed E-state index contributed by atoms with van der Waals surface area (Å²) in [6.45, 7) is 3.67. The van der Waals surface area contributed by atoms with Crippen molar-refractivity contribution in [3.63, 3.8) is 0 Å². The van der Waals surface area contributed by atoms with Gasteiger partial charge < -0.3 is 15.4 Å². The highest BCUT2D eigenvalue weighted by atomic mass is 32.2. The summed E-state index contributed by atoms with van der Waals surface area (Å²) in [5, 5.41) is 17.8. The topological polar surface area (TPSA) is 111 Å². The molecule has 0 aliphatic carbocycles. The fourth-order valence-corrected chi connectivity index (χ4v) is 3.29. The van der Waals surface area contributed by atoms with E-state index in [9.17, 15) is 9.59 Å². The second-order valence-electron chi connectivity index (χ2n) is 6.34. The standard InChI is InChI=1S/C20H22N6O3S/c1-4-18(27)22-17-10-5-14(11-13(17)2)21-19(28)12-30-20-23-24-25-26(20)15-6-8-16(29-3)9-7-15/h5-11H,4,12H2,1-3H3,(H,21,28)(H,22,27). The van der Waals surface area contributed by atoms with Gasteiger partial charge in [-0.3, -0.25) is 9.59 Å². The predicted molar refractivity (Wildman–Crippen MR) is 115 cm³/mol. The molecule has 2 amide bonds. The number of nitrogens with one attached hydrogen (secondary N) is 2. The summed E-state index contributed by atoms with van der Waals surface area (Å²) in [6.07, 6.45) is 0.408. The monoisotopic (exact) mass is 426 g/mol. The number of hydrogen-bond acceptors (Lipinski definition) is 7. The Bertz CT molecular complexity index is 1040. The number of tetrazole rings is 1. The molecule has 0 saturated heterocycles.